The van der Waals surface area contributed by atoms with E-state index in [0.29, 0.717) is 6.26 Å². The molecule has 0 aromatic heterocycles. The molecule has 0 amide bonds. The van der Waals surface area contributed by atoms with E-state index in [-0.39, 0.29) is 20.4 Å². The Morgan fingerprint density at radius 1 is 0.632 bits per heavy atom. The zero-order valence-corrected chi connectivity index (χ0v) is 24.1. The summed E-state index contributed by atoms with van der Waals surface area (Å²) in [5.41, 5.74) is 8.72. The second-order valence-corrected chi connectivity index (χ2v) is 11.6. The van der Waals surface area contributed by atoms with Crippen molar-refractivity contribution >= 4 is 39.6 Å². The van der Waals surface area contributed by atoms with Crippen LogP contribution < -0.4 is 21.6 Å². The summed E-state index contributed by atoms with van der Waals surface area (Å²) >= 11 is 0. The van der Waals surface area contributed by atoms with Gasteiger partial charge in [-0.1, -0.05) is 115 Å². The van der Waals surface area contributed by atoms with E-state index < -0.39 is 18.0 Å². The monoisotopic (exact) mass is 632 g/mol. The summed E-state index contributed by atoms with van der Waals surface area (Å²) in [6, 6.07) is 51.1. The molecule has 0 bridgehead atoms. The molecule has 5 aromatic carbocycles. The van der Waals surface area contributed by atoms with Crippen molar-refractivity contribution in [2.75, 3.05) is 12.0 Å². The van der Waals surface area contributed by atoms with E-state index in [0.717, 1.165) is 16.8 Å². The normalized spacial score (nSPS) is 10.2. The minimum Gasteiger partial charge on any atom is -0.406 e. The zero-order chi connectivity index (χ0) is 26.5. The molecule has 0 saturated heterocycles. The van der Waals surface area contributed by atoms with E-state index in [1.807, 2.05) is 48.5 Å². The van der Waals surface area contributed by atoms with Crippen LogP contribution in [0.15, 0.2) is 140 Å². The van der Waals surface area contributed by atoms with Crippen molar-refractivity contribution in [3.8, 4) is 11.1 Å². The van der Waals surface area contributed by atoms with Crippen LogP contribution in [-0.2, 0) is 30.5 Å². The van der Waals surface area contributed by atoms with Crippen molar-refractivity contribution in [3.63, 3.8) is 0 Å². The third-order valence-corrected chi connectivity index (χ3v) is 7.45. The maximum atomic E-state index is 9.19. The summed E-state index contributed by atoms with van der Waals surface area (Å²) in [5, 5.41) is 4.19. The van der Waals surface area contributed by atoms with Crippen molar-refractivity contribution < 1.29 is 33.4 Å². The predicted octanol–water partition coefficient (Wildman–Crippen LogP) is 5.68. The molecular formula is C31H29NO3PPdS-. The summed E-state index contributed by atoms with van der Waals surface area (Å²) in [4.78, 5) is 0. The van der Waals surface area contributed by atoms with Gasteiger partial charge in [0, 0.05) is 20.4 Å². The molecule has 0 spiro atoms. The van der Waals surface area contributed by atoms with Crippen LogP contribution in [0.25, 0.3) is 11.1 Å². The molecule has 38 heavy (non-hydrogen) atoms. The molecule has 5 rings (SSSR count). The van der Waals surface area contributed by atoms with Crippen molar-refractivity contribution in [3.05, 3.63) is 146 Å². The van der Waals surface area contributed by atoms with Gasteiger partial charge in [-0.05, 0) is 35.6 Å². The molecule has 198 valence electrons. The molecule has 0 aliphatic carbocycles. The third kappa shape index (κ3) is 10.7. The second-order valence-electron chi connectivity index (χ2n) is 7.94. The topological polar surface area (TPSA) is 80.4 Å². The van der Waals surface area contributed by atoms with Gasteiger partial charge < -0.3 is 5.73 Å². The summed E-state index contributed by atoms with van der Waals surface area (Å²) in [7, 11) is -4.11. The average Bonchev–Trinajstić information content (AvgIpc) is 2.91. The second kappa shape index (κ2) is 16.0. The number of rotatable bonds is 4. The fourth-order valence-electron chi connectivity index (χ4n) is 3.48. The van der Waals surface area contributed by atoms with Crippen LogP contribution >= 0.6 is 7.92 Å². The zero-order valence-electron chi connectivity index (χ0n) is 20.8. The van der Waals surface area contributed by atoms with Crippen molar-refractivity contribution in [2.45, 2.75) is 0 Å². The Morgan fingerprint density at radius 3 is 1.37 bits per heavy atom. The van der Waals surface area contributed by atoms with E-state index in [1.54, 1.807) is 0 Å². The first-order chi connectivity index (χ1) is 17.8. The Bertz CT molecular complexity index is 1350. The van der Waals surface area contributed by atoms with E-state index in [9.17, 15) is 8.42 Å². The number of para-hydroxylation sites is 1. The summed E-state index contributed by atoms with van der Waals surface area (Å²) in [6.07, 6.45) is 0.715. The summed E-state index contributed by atoms with van der Waals surface area (Å²) in [6.45, 7) is 0. The van der Waals surface area contributed by atoms with E-state index >= 15 is 0 Å². The number of nitrogens with two attached hydrogens (primary N) is 1. The predicted molar refractivity (Wildman–Crippen MR) is 158 cm³/mol. The smallest absolute Gasteiger partial charge is 0.261 e. The van der Waals surface area contributed by atoms with Gasteiger partial charge in [0.15, 0.2) is 0 Å². The first-order valence-corrected chi connectivity index (χ1v) is 14.7. The number of anilines is 1. The summed E-state index contributed by atoms with van der Waals surface area (Å²) in [5.74, 6) is 0. The quantitative estimate of drug-likeness (QED) is 0.0879. The number of benzene rings is 5. The Morgan fingerprint density at radius 2 is 1.00 bits per heavy atom. The van der Waals surface area contributed by atoms with Crippen LogP contribution in [0.5, 0.6) is 0 Å². The number of hydrogen-bond donors (Lipinski definition) is 2. The van der Waals surface area contributed by atoms with Gasteiger partial charge in [-0.15, -0.1) is 35.9 Å². The van der Waals surface area contributed by atoms with Crippen LogP contribution in [0.4, 0.5) is 5.69 Å². The number of nitrogen functional groups attached to an aromatic ring is 1. The molecule has 5 aromatic rings. The average molecular weight is 633 g/mol. The minimum atomic E-state index is -3.67. The Hall–Kier alpha value is -3.10. The maximum absolute atomic E-state index is 9.19. The molecular weight excluding hydrogens is 604 g/mol. The van der Waals surface area contributed by atoms with Crippen molar-refractivity contribution in [2.24, 2.45) is 0 Å². The van der Waals surface area contributed by atoms with Crippen LogP contribution in [0.1, 0.15) is 0 Å². The van der Waals surface area contributed by atoms with Gasteiger partial charge in [-0.2, -0.15) is 8.42 Å². The molecule has 0 aliphatic heterocycles. The van der Waals surface area contributed by atoms with Crippen LogP contribution in [-0.4, -0.2) is 19.2 Å². The Kier molecular flexibility index (Phi) is 13.1. The first kappa shape index (κ1) is 31.1. The molecule has 0 heterocycles. The molecule has 4 nitrogen and oxygen atoms in total. The SMILES string of the molecule is CS(=O)(=O)O.Nc1ccccc1-c1[c-]cccc1.[Pd].c1ccc(P(c2ccccc2)c2ccccc2)cc1. The molecule has 3 N–H and O–H groups in total. The van der Waals surface area contributed by atoms with Gasteiger partial charge in [0.1, 0.15) is 0 Å². The molecule has 7 heteroatoms. The van der Waals surface area contributed by atoms with Crippen LogP contribution in [0.2, 0.25) is 0 Å². The van der Waals surface area contributed by atoms with Crippen molar-refractivity contribution in [1.82, 2.24) is 0 Å². The van der Waals surface area contributed by atoms with Crippen LogP contribution in [0, 0.1) is 6.07 Å². The number of hydrogen-bond acceptors (Lipinski definition) is 3. The molecule has 0 fully saturated rings. The molecule has 0 aliphatic rings. The van der Waals surface area contributed by atoms with E-state index in [1.165, 1.54) is 15.9 Å². The van der Waals surface area contributed by atoms with Gasteiger partial charge in [-0.3, -0.25) is 4.55 Å². The van der Waals surface area contributed by atoms with E-state index in [4.69, 9.17) is 10.3 Å². The largest absolute Gasteiger partial charge is 0.406 e. The maximum Gasteiger partial charge on any atom is 0.261 e. The minimum absolute atomic E-state index is 0. The first-order valence-electron chi connectivity index (χ1n) is 11.5. The summed E-state index contributed by atoms with van der Waals surface area (Å²) < 4.78 is 25.9. The molecule has 0 radical (unpaired) electrons. The van der Waals surface area contributed by atoms with Crippen molar-refractivity contribution in [1.29, 1.82) is 0 Å². The molecule has 0 unspecified atom stereocenters. The Labute approximate surface area is 240 Å². The van der Waals surface area contributed by atoms with Gasteiger partial charge in [0.25, 0.3) is 10.1 Å². The fourth-order valence-corrected chi connectivity index (χ4v) is 5.79. The van der Waals surface area contributed by atoms with Gasteiger partial charge in [0.05, 0.1) is 6.26 Å². The van der Waals surface area contributed by atoms with Gasteiger partial charge >= 0.3 is 0 Å². The Balaban J connectivity index is 0.000000232. The van der Waals surface area contributed by atoms with E-state index in [2.05, 4.69) is 97.1 Å². The van der Waals surface area contributed by atoms with Gasteiger partial charge in [-0.25, -0.2) is 0 Å². The standard InChI is InChI=1S/C18H15P.C12H10N.CH4O3S.Pd/c1-4-10-16(11-5-1)19(17-12-6-2-7-13-17)18-14-8-3-9-15-18;13-12-9-5-4-8-11(12)10-6-2-1-3-7-10;1-5(2,3)4;/h1-15H;1-6,8-9H,13H2;1H3,(H,2,3,4);/q;-1;;. The molecule has 0 atom stereocenters. The molecule has 0 saturated carbocycles. The third-order valence-electron chi connectivity index (χ3n) is 5.00. The van der Waals surface area contributed by atoms with Crippen LogP contribution in [0.3, 0.4) is 0 Å². The fraction of sp³-hybridized carbons (Fsp3) is 0.0323. The van der Waals surface area contributed by atoms with Gasteiger partial charge in [0.2, 0.25) is 0 Å².